The third-order valence-corrected chi connectivity index (χ3v) is 6.08. The summed E-state index contributed by atoms with van der Waals surface area (Å²) in [6, 6.07) is 12.7. The molecule has 0 saturated carbocycles. The highest BCUT2D eigenvalue weighted by atomic mass is 16.6. The van der Waals surface area contributed by atoms with E-state index >= 15 is 0 Å². The van der Waals surface area contributed by atoms with Crippen molar-refractivity contribution in [3.8, 4) is 0 Å². The normalized spacial score (nSPS) is 13.2. The van der Waals surface area contributed by atoms with Crippen LogP contribution < -0.4 is 4.57 Å². The number of benzene rings is 1. The highest BCUT2D eigenvalue weighted by Crippen LogP contribution is 2.22. The van der Waals surface area contributed by atoms with Crippen LogP contribution in [0.1, 0.15) is 108 Å². The van der Waals surface area contributed by atoms with Gasteiger partial charge in [-0.25, -0.2) is 0 Å². The highest BCUT2D eigenvalue weighted by Gasteiger charge is 2.26. The van der Waals surface area contributed by atoms with Crippen LogP contribution in [-0.2, 0) is 22.4 Å². The second-order valence-electron chi connectivity index (χ2n) is 9.56. The van der Waals surface area contributed by atoms with Gasteiger partial charge in [0.05, 0.1) is 5.92 Å². The molecular formula is C29H44NO2+. The molecule has 1 aromatic heterocycles. The van der Waals surface area contributed by atoms with E-state index in [0.717, 1.165) is 37.7 Å². The summed E-state index contributed by atoms with van der Waals surface area (Å²) in [5, 5.41) is 0. The van der Waals surface area contributed by atoms with Crippen molar-refractivity contribution in [3.05, 3.63) is 65.5 Å². The van der Waals surface area contributed by atoms with Crippen molar-refractivity contribution in [3.63, 3.8) is 0 Å². The Labute approximate surface area is 196 Å². The van der Waals surface area contributed by atoms with Gasteiger partial charge >= 0.3 is 12.2 Å². The Morgan fingerprint density at radius 1 is 0.844 bits per heavy atom. The van der Waals surface area contributed by atoms with E-state index in [4.69, 9.17) is 4.74 Å². The summed E-state index contributed by atoms with van der Waals surface area (Å²) < 4.78 is 8.14. The van der Waals surface area contributed by atoms with Crippen molar-refractivity contribution in [1.82, 2.24) is 0 Å². The Bertz CT molecular complexity index is 780. The fourth-order valence-electron chi connectivity index (χ4n) is 4.09. The Kier molecular flexibility index (Phi) is 11.5. The largest absolute Gasteiger partial charge is 0.402 e. The molecule has 1 aromatic carbocycles. The van der Waals surface area contributed by atoms with Crippen molar-refractivity contribution in [2.45, 2.75) is 105 Å². The number of aromatic nitrogens is 1. The van der Waals surface area contributed by atoms with E-state index in [1.165, 1.54) is 36.8 Å². The molecule has 0 aliphatic carbocycles. The molecule has 3 heteroatoms. The van der Waals surface area contributed by atoms with Crippen LogP contribution in [0.3, 0.4) is 0 Å². The van der Waals surface area contributed by atoms with Crippen molar-refractivity contribution in [2.75, 3.05) is 0 Å². The summed E-state index contributed by atoms with van der Waals surface area (Å²) in [4.78, 5) is 13.1. The first kappa shape index (κ1) is 26.1. The molecule has 1 unspecified atom stereocenters. The van der Waals surface area contributed by atoms with E-state index in [1.807, 2.05) is 6.92 Å². The smallest absolute Gasteiger partial charge is 0.318 e. The van der Waals surface area contributed by atoms with E-state index in [2.05, 4.69) is 81.1 Å². The number of hydrogen-bond donors (Lipinski definition) is 0. The third kappa shape index (κ3) is 8.76. The van der Waals surface area contributed by atoms with Gasteiger partial charge in [0.1, 0.15) is 0 Å². The van der Waals surface area contributed by atoms with Crippen molar-refractivity contribution < 1.29 is 14.1 Å². The maximum Gasteiger partial charge on any atom is 0.318 e. The number of hydrogen-bond acceptors (Lipinski definition) is 2. The number of carbonyl (C=O) groups excluding carboxylic acids is 1. The molecule has 0 fully saturated rings. The first-order chi connectivity index (χ1) is 15.4. The average Bonchev–Trinajstić information content (AvgIpc) is 2.78. The lowest BCUT2D eigenvalue weighted by atomic mass is 9.97. The molecule has 0 amide bonds. The molecule has 176 valence electrons. The molecule has 0 N–H and O–H groups in total. The number of aryl methyl sites for hydroxylation is 1. The van der Waals surface area contributed by atoms with Gasteiger partial charge in [-0.2, -0.15) is 4.57 Å². The molecular weight excluding hydrogens is 394 g/mol. The van der Waals surface area contributed by atoms with Gasteiger partial charge in [0.25, 0.3) is 0 Å². The second kappa shape index (κ2) is 14.1. The maximum absolute atomic E-state index is 13.1. The van der Waals surface area contributed by atoms with E-state index in [0.29, 0.717) is 5.92 Å². The zero-order valence-electron chi connectivity index (χ0n) is 21.0. The quantitative estimate of drug-likeness (QED) is 0.176. The van der Waals surface area contributed by atoms with Crippen LogP contribution in [0.25, 0.3) is 0 Å². The SMILES string of the molecule is CCCCCCCC(OC(=O)[C@@H](C)c1ccc(CC(C)C)cc1)[n+]1ccc(CCC)cc1. The lowest BCUT2D eigenvalue weighted by Crippen LogP contribution is -2.42. The molecule has 32 heavy (non-hydrogen) atoms. The third-order valence-electron chi connectivity index (χ3n) is 6.08. The van der Waals surface area contributed by atoms with Crippen LogP contribution in [0.5, 0.6) is 0 Å². The molecule has 0 radical (unpaired) electrons. The van der Waals surface area contributed by atoms with Crippen LogP contribution in [-0.4, -0.2) is 5.97 Å². The van der Waals surface area contributed by atoms with Gasteiger partial charge in [-0.1, -0.05) is 84.1 Å². The molecule has 2 aromatic rings. The van der Waals surface area contributed by atoms with Gasteiger partial charge in [-0.3, -0.25) is 4.79 Å². The van der Waals surface area contributed by atoms with E-state index in [9.17, 15) is 4.79 Å². The lowest BCUT2D eigenvalue weighted by Gasteiger charge is -2.17. The van der Waals surface area contributed by atoms with Gasteiger partial charge in [0, 0.05) is 18.6 Å². The first-order valence-corrected chi connectivity index (χ1v) is 12.7. The zero-order chi connectivity index (χ0) is 23.3. The number of carbonyl (C=O) groups is 1. The number of nitrogens with zero attached hydrogens (tertiary/aromatic N) is 1. The summed E-state index contributed by atoms with van der Waals surface area (Å²) in [6.45, 7) is 10.8. The molecule has 2 atom stereocenters. The number of rotatable bonds is 14. The minimum atomic E-state index is -0.273. The minimum Gasteiger partial charge on any atom is -0.402 e. The molecule has 1 heterocycles. The summed E-state index contributed by atoms with van der Waals surface area (Å²) in [7, 11) is 0. The zero-order valence-corrected chi connectivity index (χ0v) is 21.0. The molecule has 2 rings (SSSR count). The first-order valence-electron chi connectivity index (χ1n) is 12.7. The van der Waals surface area contributed by atoms with Gasteiger partial charge in [0.2, 0.25) is 0 Å². The number of pyridine rings is 1. The molecule has 0 bridgehead atoms. The Morgan fingerprint density at radius 2 is 1.50 bits per heavy atom. The number of unbranched alkanes of at least 4 members (excludes halogenated alkanes) is 4. The van der Waals surface area contributed by atoms with Crippen molar-refractivity contribution >= 4 is 5.97 Å². The predicted octanol–water partition coefficient (Wildman–Crippen LogP) is 7.33. The lowest BCUT2D eigenvalue weighted by molar-refractivity contribution is -0.758. The maximum atomic E-state index is 13.1. The second-order valence-corrected chi connectivity index (χ2v) is 9.56. The number of esters is 1. The Morgan fingerprint density at radius 3 is 2.09 bits per heavy atom. The van der Waals surface area contributed by atoms with Gasteiger partial charge in [-0.05, 0) is 48.8 Å². The molecule has 0 aliphatic rings. The fraction of sp³-hybridized carbons (Fsp3) is 0.586. The fourth-order valence-corrected chi connectivity index (χ4v) is 4.09. The van der Waals surface area contributed by atoms with Crippen LogP contribution in [0.15, 0.2) is 48.8 Å². The Balaban J connectivity index is 2.06. The van der Waals surface area contributed by atoms with Crippen molar-refractivity contribution in [1.29, 1.82) is 0 Å². The van der Waals surface area contributed by atoms with Crippen LogP contribution >= 0.6 is 0 Å². The summed E-state index contributed by atoms with van der Waals surface area (Å²) >= 11 is 0. The van der Waals surface area contributed by atoms with Gasteiger partial charge < -0.3 is 4.74 Å². The van der Waals surface area contributed by atoms with E-state index in [1.54, 1.807) is 0 Å². The minimum absolute atomic E-state index is 0.148. The topological polar surface area (TPSA) is 30.2 Å². The molecule has 0 saturated heterocycles. The molecule has 0 aliphatic heterocycles. The van der Waals surface area contributed by atoms with E-state index < -0.39 is 0 Å². The molecule has 3 nitrogen and oxygen atoms in total. The van der Waals surface area contributed by atoms with Gasteiger partial charge in [-0.15, -0.1) is 0 Å². The highest BCUT2D eigenvalue weighted by molar-refractivity contribution is 5.77. The van der Waals surface area contributed by atoms with Crippen molar-refractivity contribution in [2.24, 2.45) is 5.92 Å². The standard InChI is InChI=1S/C29H44NO2/c1-6-8-9-10-11-13-28(30-20-18-25(12-7-2)19-21-30)32-29(31)24(5)27-16-14-26(15-17-27)22-23(3)4/h14-21,23-24,28H,6-13,22H2,1-5H3/q+1/t24-,28?/m0/s1. The number of ether oxygens (including phenoxy) is 1. The summed E-state index contributed by atoms with van der Waals surface area (Å²) in [5.41, 5.74) is 3.66. The van der Waals surface area contributed by atoms with Crippen LogP contribution in [0.2, 0.25) is 0 Å². The average molecular weight is 439 g/mol. The van der Waals surface area contributed by atoms with Crippen LogP contribution in [0.4, 0.5) is 0 Å². The summed E-state index contributed by atoms with van der Waals surface area (Å²) in [5.74, 6) is 0.207. The monoisotopic (exact) mass is 438 g/mol. The predicted molar refractivity (Wildman–Crippen MR) is 133 cm³/mol. The van der Waals surface area contributed by atoms with Crippen LogP contribution in [0, 0.1) is 5.92 Å². The Hall–Kier alpha value is -2.16. The van der Waals surface area contributed by atoms with E-state index in [-0.39, 0.29) is 18.1 Å². The molecule has 0 spiro atoms. The summed E-state index contributed by atoms with van der Waals surface area (Å²) in [6.07, 6.45) is 14.0. The van der Waals surface area contributed by atoms with Gasteiger partial charge in [0.15, 0.2) is 12.4 Å².